The Morgan fingerprint density at radius 1 is 0.833 bits per heavy atom. The first kappa shape index (κ1) is 38.8. The van der Waals surface area contributed by atoms with Crippen molar-refractivity contribution in [3.8, 4) is 0 Å². The zero-order chi connectivity index (χ0) is 38.1. The molecule has 9 nitrogen and oxygen atoms in total. The van der Waals surface area contributed by atoms with Crippen LogP contribution in [0.15, 0.2) is 151 Å². The van der Waals surface area contributed by atoms with Crippen LogP contribution in [0.2, 0.25) is 0 Å². The van der Waals surface area contributed by atoms with Gasteiger partial charge in [0.15, 0.2) is 6.29 Å². The largest absolute Gasteiger partial charge is 0.392 e. The summed E-state index contributed by atoms with van der Waals surface area (Å²) in [6.07, 6.45) is 0.488. The van der Waals surface area contributed by atoms with Gasteiger partial charge in [0.1, 0.15) is 6.04 Å². The van der Waals surface area contributed by atoms with Crippen LogP contribution in [0.4, 0.5) is 5.69 Å². The lowest BCUT2D eigenvalue weighted by Crippen LogP contribution is -2.45. The highest BCUT2D eigenvalue weighted by atomic mass is 32.2. The lowest BCUT2D eigenvalue weighted by Gasteiger charge is -2.44. The summed E-state index contributed by atoms with van der Waals surface area (Å²) in [5, 5.41) is 12.7. The van der Waals surface area contributed by atoms with E-state index in [1.807, 2.05) is 105 Å². The lowest BCUT2D eigenvalue weighted by molar-refractivity contribution is -0.263. The van der Waals surface area contributed by atoms with Gasteiger partial charge in [0.2, 0.25) is 15.9 Å². The number of hydrogen-bond donors (Lipinski definition) is 3. The number of hydrogen-bond acceptors (Lipinski definition) is 7. The quantitative estimate of drug-likeness (QED) is 0.0982. The van der Waals surface area contributed by atoms with Gasteiger partial charge in [-0.2, -0.15) is 4.72 Å². The molecule has 1 aliphatic heterocycles. The van der Waals surface area contributed by atoms with E-state index in [2.05, 4.69) is 33.7 Å². The number of carbonyl (C=O) groups is 1. The molecule has 1 aliphatic rings. The standard InChI is InChI=1S/C44H47N3O6S/c1-4-26-47(3)29-40-41(34-14-9-6-10-15-34)42(35-22-20-33(30-48)21-23-35)53-44(52-40)36-16-11-17-37(28-36)45-43(49)39(27-32-12-7-5-8-13-32)46-54(50,51)38-24-18-31(2)19-25-38/h4-25,28,39-42,44,46,48H,1,26-27,29-30H2,2-3H3,(H,45,49)/t39-,40-,41-,42+,44?/m1/s1. The molecule has 5 aromatic rings. The van der Waals surface area contributed by atoms with Crippen LogP contribution >= 0.6 is 0 Å². The zero-order valence-electron chi connectivity index (χ0n) is 30.5. The number of likely N-dealkylation sites (N-methyl/N-ethyl adjacent to an activating group) is 1. The molecule has 0 saturated carbocycles. The summed E-state index contributed by atoms with van der Waals surface area (Å²) in [6, 6.07) is 39.9. The number of aliphatic hydroxyl groups is 1. The van der Waals surface area contributed by atoms with Gasteiger partial charge in [-0.1, -0.05) is 121 Å². The summed E-state index contributed by atoms with van der Waals surface area (Å²) < 4.78 is 43.3. The normalized spacial score (nSPS) is 19.3. The maximum atomic E-state index is 14.0. The second-order valence-corrected chi connectivity index (χ2v) is 15.4. The number of rotatable bonds is 15. The molecule has 6 rings (SSSR count). The van der Waals surface area contributed by atoms with Crippen LogP contribution in [0, 0.1) is 6.92 Å². The van der Waals surface area contributed by atoms with E-state index in [-0.39, 0.29) is 29.9 Å². The average molecular weight is 746 g/mol. The van der Waals surface area contributed by atoms with Gasteiger partial charge in [0.05, 0.1) is 23.7 Å². The molecule has 5 atom stereocenters. The first-order chi connectivity index (χ1) is 26.1. The highest BCUT2D eigenvalue weighted by molar-refractivity contribution is 7.89. The van der Waals surface area contributed by atoms with Crippen molar-refractivity contribution in [3.63, 3.8) is 0 Å². The molecule has 1 unspecified atom stereocenters. The third-order valence-electron chi connectivity index (χ3n) is 9.56. The van der Waals surface area contributed by atoms with Gasteiger partial charge >= 0.3 is 0 Å². The molecule has 1 amide bonds. The summed E-state index contributed by atoms with van der Waals surface area (Å²) in [6.45, 7) is 7.00. The van der Waals surface area contributed by atoms with Gasteiger partial charge in [-0.05, 0) is 66.9 Å². The minimum absolute atomic E-state index is 0.0628. The maximum Gasteiger partial charge on any atom is 0.242 e. The molecule has 54 heavy (non-hydrogen) atoms. The number of nitrogens with one attached hydrogen (secondary N) is 2. The van der Waals surface area contributed by atoms with Crippen LogP contribution in [0.1, 0.15) is 51.7 Å². The molecule has 3 N–H and O–H groups in total. The molecule has 1 heterocycles. The van der Waals surface area contributed by atoms with E-state index in [4.69, 9.17) is 9.47 Å². The Labute approximate surface area is 318 Å². The maximum absolute atomic E-state index is 14.0. The zero-order valence-corrected chi connectivity index (χ0v) is 31.4. The number of aryl methyl sites for hydroxylation is 1. The Kier molecular flexibility index (Phi) is 12.9. The minimum atomic E-state index is -4.02. The van der Waals surface area contributed by atoms with Crippen LogP contribution in [0.5, 0.6) is 0 Å². The third kappa shape index (κ3) is 9.78. The molecule has 10 heteroatoms. The van der Waals surface area contributed by atoms with Gasteiger partial charge in [0, 0.05) is 30.3 Å². The third-order valence-corrected chi connectivity index (χ3v) is 11.0. The summed E-state index contributed by atoms with van der Waals surface area (Å²) in [4.78, 5) is 16.2. The van der Waals surface area contributed by atoms with E-state index < -0.39 is 34.4 Å². The predicted octanol–water partition coefficient (Wildman–Crippen LogP) is 7.07. The summed E-state index contributed by atoms with van der Waals surface area (Å²) in [7, 11) is -1.99. The fourth-order valence-corrected chi connectivity index (χ4v) is 7.97. The first-order valence-electron chi connectivity index (χ1n) is 18.0. The Balaban J connectivity index is 1.30. The molecule has 0 bridgehead atoms. The van der Waals surface area contributed by atoms with Gasteiger partial charge in [-0.3, -0.25) is 4.79 Å². The number of anilines is 1. The molecule has 0 radical (unpaired) electrons. The lowest BCUT2D eigenvalue weighted by atomic mass is 9.83. The highest BCUT2D eigenvalue weighted by Gasteiger charge is 2.42. The van der Waals surface area contributed by atoms with Crippen LogP contribution < -0.4 is 10.0 Å². The van der Waals surface area contributed by atoms with Crippen LogP contribution in [0.3, 0.4) is 0 Å². The predicted molar refractivity (Wildman–Crippen MR) is 211 cm³/mol. The molecule has 1 fully saturated rings. The fraction of sp³-hybridized carbons (Fsp3) is 0.250. The molecule has 5 aromatic carbocycles. The van der Waals surface area contributed by atoms with E-state index in [9.17, 15) is 18.3 Å². The molecule has 0 spiro atoms. The smallest absolute Gasteiger partial charge is 0.242 e. The molecule has 1 saturated heterocycles. The van der Waals surface area contributed by atoms with Crippen LogP contribution in [0.25, 0.3) is 0 Å². The van der Waals surface area contributed by atoms with Crippen molar-refractivity contribution in [3.05, 3.63) is 179 Å². The van der Waals surface area contributed by atoms with Crippen molar-refractivity contribution >= 4 is 21.6 Å². The Hall–Kier alpha value is -4.94. The fourth-order valence-electron chi connectivity index (χ4n) is 6.77. The van der Waals surface area contributed by atoms with Crippen LogP contribution in [-0.4, -0.2) is 56.6 Å². The Morgan fingerprint density at radius 2 is 1.50 bits per heavy atom. The monoisotopic (exact) mass is 745 g/mol. The first-order valence-corrected chi connectivity index (χ1v) is 19.5. The Bertz CT molecular complexity index is 2090. The summed E-state index contributed by atoms with van der Waals surface area (Å²) >= 11 is 0. The highest BCUT2D eigenvalue weighted by Crippen LogP contribution is 2.47. The molecular formula is C44H47N3O6S. The van der Waals surface area contributed by atoms with E-state index in [0.717, 1.165) is 27.8 Å². The van der Waals surface area contributed by atoms with Crippen molar-refractivity contribution < 1.29 is 27.8 Å². The van der Waals surface area contributed by atoms with Crippen molar-refractivity contribution in [2.45, 2.75) is 55.3 Å². The van der Waals surface area contributed by atoms with Gasteiger partial charge < -0.3 is 24.8 Å². The molecule has 0 aliphatic carbocycles. The van der Waals surface area contributed by atoms with E-state index in [1.54, 1.807) is 24.3 Å². The van der Waals surface area contributed by atoms with Gasteiger partial charge in [0.25, 0.3) is 0 Å². The van der Waals surface area contributed by atoms with Crippen molar-refractivity contribution in [2.75, 3.05) is 25.5 Å². The number of amides is 1. The summed E-state index contributed by atoms with van der Waals surface area (Å²) in [5.74, 6) is -0.676. The second kappa shape index (κ2) is 17.9. The van der Waals surface area contributed by atoms with Crippen molar-refractivity contribution in [2.24, 2.45) is 0 Å². The van der Waals surface area contributed by atoms with Gasteiger partial charge in [-0.25, -0.2) is 8.42 Å². The van der Waals surface area contributed by atoms with Crippen molar-refractivity contribution in [1.82, 2.24) is 9.62 Å². The van der Waals surface area contributed by atoms with E-state index >= 15 is 0 Å². The molecule has 280 valence electrons. The molecule has 0 aromatic heterocycles. The van der Waals surface area contributed by atoms with E-state index in [1.165, 1.54) is 12.1 Å². The number of aliphatic hydroxyl groups excluding tert-OH is 1. The summed E-state index contributed by atoms with van der Waals surface area (Å²) in [5.41, 5.74) is 5.70. The number of benzene rings is 5. The topological polar surface area (TPSA) is 117 Å². The van der Waals surface area contributed by atoms with Crippen LogP contribution in [-0.2, 0) is 37.3 Å². The number of sulfonamides is 1. The average Bonchev–Trinajstić information content (AvgIpc) is 3.18. The second-order valence-electron chi connectivity index (χ2n) is 13.7. The number of nitrogens with zero attached hydrogens (tertiary/aromatic N) is 1. The van der Waals surface area contributed by atoms with Gasteiger partial charge in [-0.15, -0.1) is 6.58 Å². The number of ether oxygens (including phenoxy) is 2. The van der Waals surface area contributed by atoms with Crippen molar-refractivity contribution in [1.29, 1.82) is 0 Å². The molecular weight excluding hydrogens is 699 g/mol. The Morgan fingerprint density at radius 3 is 2.17 bits per heavy atom. The minimum Gasteiger partial charge on any atom is -0.392 e. The van der Waals surface area contributed by atoms with E-state index in [0.29, 0.717) is 24.3 Å². The number of carbonyl (C=O) groups excluding carboxylic acids is 1. The SMILES string of the molecule is C=CCN(C)C[C@H]1OC(c2cccc(NC(=O)[C@@H](Cc3ccccc3)NS(=O)(=O)c3ccc(C)cc3)c2)O[C@@H](c2ccc(CO)cc2)[C@@H]1c1ccccc1.